The molecule has 0 spiro atoms. The molecule has 0 saturated carbocycles. The predicted molar refractivity (Wildman–Crippen MR) is 75.6 cm³/mol. The van der Waals surface area contributed by atoms with Crippen LogP contribution in [0.4, 0.5) is 0 Å². The van der Waals surface area contributed by atoms with Gasteiger partial charge in [0.2, 0.25) is 11.4 Å². The summed E-state index contributed by atoms with van der Waals surface area (Å²) < 4.78 is 28.6. The van der Waals surface area contributed by atoms with Crippen molar-refractivity contribution in [1.29, 1.82) is 0 Å². The summed E-state index contributed by atoms with van der Waals surface area (Å²) in [5.41, 5.74) is 1.41. The molecule has 0 N–H and O–H groups in total. The van der Waals surface area contributed by atoms with Crippen molar-refractivity contribution in [3.8, 4) is 11.5 Å². The third kappa shape index (κ3) is 2.82. The molecule has 0 bridgehead atoms. The molecule has 0 aliphatic heterocycles. The average Bonchev–Trinajstić information content (AvgIpc) is 2.81. The molecule has 0 amide bonds. The Hall–Kier alpha value is -0.940. The van der Waals surface area contributed by atoms with Crippen molar-refractivity contribution in [2.75, 3.05) is 14.2 Å². The molecule has 5 nitrogen and oxygen atoms in total. The largest absolute Gasteiger partial charge is 0.428 e. The van der Waals surface area contributed by atoms with E-state index in [1.54, 1.807) is 6.92 Å². The molecule has 7 heteroatoms. The summed E-state index contributed by atoms with van der Waals surface area (Å²) in [7, 11) is -0.797. The fraction of sp³-hybridized carbons (Fsp3) is 0.250. The molecular weight excluding hydrogens is 333 g/mol. The highest BCUT2D eigenvalue weighted by Crippen LogP contribution is 2.46. The number of oxazole rings is 1. The molecule has 2 rings (SSSR count). The van der Waals surface area contributed by atoms with Gasteiger partial charge in [-0.25, -0.2) is 4.98 Å². The molecule has 102 valence electrons. The highest BCUT2D eigenvalue weighted by Gasteiger charge is 2.32. The van der Waals surface area contributed by atoms with Gasteiger partial charge in [0, 0.05) is 24.3 Å². The normalized spacial score (nSPS) is 11.8. The Morgan fingerprint density at radius 2 is 1.79 bits per heavy atom. The third-order valence-corrected chi connectivity index (χ3v) is 5.00. The number of halogens is 1. The number of hydrogen-bond acceptors (Lipinski definition) is 5. The summed E-state index contributed by atoms with van der Waals surface area (Å²) in [5.74, 6) is 0.384. The fourth-order valence-corrected chi connectivity index (χ4v) is 2.99. The van der Waals surface area contributed by atoms with Crippen LogP contribution in [0.1, 0.15) is 5.69 Å². The first-order valence-electron chi connectivity index (χ1n) is 5.45. The Kier molecular flexibility index (Phi) is 4.26. The quantitative estimate of drug-likeness (QED) is 0.793. The maximum atomic E-state index is 12.3. The lowest BCUT2D eigenvalue weighted by Crippen LogP contribution is -2.08. The molecule has 0 atom stereocenters. The van der Waals surface area contributed by atoms with Crippen molar-refractivity contribution in [2.24, 2.45) is 0 Å². The monoisotopic (exact) mass is 345 g/mol. The number of hydrogen-bond donors (Lipinski definition) is 0. The summed E-state index contributed by atoms with van der Waals surface area (Å²) in [6.45, 7) is 1.70. The number of rotatable bonds is 4. The standard InChI is InChI=1S/C12H13BrNO4P/c1-8-12(19(15,16-2)17-3)18-11(14-8)9-4-6-10(13)7-5-9/h4-7H,1-3H3. The van der Waals surface area contributed by atoms with Gasteiger partial charge in [0.25, 0.3) is 0 Å². The van der Waals surface area contributed by atoms with E-state index in [9.17, 15) is 4.57 Å². The van der Waals surface area contributed by atoms with Crippen LogP contribution in [0.2, 0.25) is 0 Å². The molecule has 0 fully saturated rings. The second kappa shape index (κ2) is 5.59. The van der Waals surface area contributed by atoms with Crippen LogP contribution in [0.25, 0.3) is 11.5 Å². The summed E-state index contributed by atoms with van der Waals surface area (Å²) in [4.78, 5) is 4.26. The second-order valence-corrected chi connectivity index (χ2v) is 6.83. The number of nitrogens with zero attached hydrogens (tertiary/aromatic N) is 1. The minimum atomic E-state index is -3.42. The SMILES string of the molecule is COP(=O)(OC)c1oc(-c2ccc(Br)cc2)nc1C. The van der Waals surface area contributed by atoms with Crippen molar-refractivity contribution < 1.29 is 18.0 Å². The van der Waals surface area contributed by atoms with E-state index >= 15 is 0 Å². The van der Waals surface area contributed by atoms with Crippen molar-refractivity contribution in [3.05, 3.63) is 34.4 Å². The Morgan fingerprint density at radius 3 is 2.32 bits per heavy atom. The van der Waals surface area contributed by atoms with E-state index in [2.05, 4.69) is 20.9 Å². The second-order valence-electron chi connectivity index (χ2n) is 3.78. The van der Waals surface area contributed by atoms with Crippen LogP contribution >= 0.6 is 23.5 Å². The average molecular weight is 346 g/mol. The lowest BCUT2D eigenvalue weighted by atomic mass is 10.2. The van der Waals surface area contributed by atoms with Gasteiger partial charge in [-0.15, -0.1) is 0 Å². The molecule has 19 heavy (non-hydrogen) atoms. The van der Waals surface area contributed by atoms with Crippen LogP contribution in [0.3, 0.4) is 0 Å². The zero-order chi connectivity index (χ0) is 14.0. The lowest BCUT2D eigenvalue weighted by Gasteiger charge is -2.10. The van der Waals surface area contributed by atoms with Gasteiger partial charge in [-0.1, -0.05) is 15.9 Å². The van der Waals surface area contributed by atoms with Gasteiger partial charge in [-0.05, 0) is 31.2 Å². The van der Waals surface area contributed by atoms with E-state index in [1.165, 1.54) is 14.2 Å². The first-order chi connectivity index (χ1) is 9.00. The maximum absolute atomic E-state index is 12.3. The van der Waals surface area contributed by atoms with E-state index in [-0.39, 0.29) is 5.50 Å². The molecule has 0 unspecified atom stereocenters. The molecule has 0 aliphatic carbocycles. The smallest absolute Gasteiger partial charge is 0.397 e. The van der Waals surface area contributed by atoms with Gasteiger partial charge >= 0.3 is 7.60 Å². The van der Waals surface area contributed by atoms with Crippen molar-refractivity contribution in [2.45, 2.75) is 6.92 Å². The molecular formula is C12H13BrNO4P. The zero-order valence-corrected chi connectivity index (χ0v) is 13.2. The van der Waals surface area contributed by atoms with Gasteiger partial charge in [0.1, 0.15) is 0 Å². The third-order valence-electron chi connectivity index (χ3n) is 2.59. The molecule has 0 radical (unpaired) electrons. The van der Waals surface area contributed by atoms with E-state index in [0.717, 1.165) is 10.0 Å². The molecule has 1 aromatic heterocycles. The highest BCUT2D eigenvalue weighted by atomic mass is 79.9. The van der Waals surface area contributed by atoms with E-state index < -0.39 is 7.60 Å². The van der Waals surface area contributed by atoms with Crippen molar-refractivity contribution in [3.63, 3.8) is 0 Å². The summed E-state index contributed by atoms with van der Waals surface area (Å²) in [6.07, 6.45) is 0. The molecule has 0 saturated heterocycles. The van der Waals surface area contributed by atoms with E-state index in [0.29, 0.717) is 11.6 Å². The lowest BCUT2D eigenvalue weighted by molar-refractivity contribution is 0.281. The van der Waals surface area contributed by atoms with Crippen LogP contribution < -0.4 is 5.50 Å². The molecule has 1 aromatic carbocycles. The minimum absolute atomic E-state index is 0.135. The highest BCUT2D eigenvalue weighted by molar-refractivity contribution is 9.10. The number of aromatic nitrogens is 1. The van der Waals surface area contributed by atoms with Gasteiger partial charge in [-0.2, -0.15) is 0 Å². The van der Waals surface area contributed by atoms with Crippen LogP contribution in [0.15, 0.2) is 33.2 Å². The first kappa shape index (κ1) is 14.5. The van der Waals surface area contributed by atoms with Crippen LogP contribution in [-0.4, -0.2) is 19.2 Å². The number of benzene rings is 1. The zero-order valence-electron chi connectivity index (χ0n) is 10.7. The number of aryl methyl sites for hydroxylation is 1. The Labute approximate surface area is 119 Å². The van der Waals surface area contributed by atoms with Gasteiger partial charge < -0.3 is 13.5 Å². The summed E-state index contributed by atoms with van der Waals surface area (Å²) >= 11 is 3.36. The van der Waals surface area contributed by atoms with Crippen molar-refractivity contribution >= 4 is 29.0 Å². The molecule has 0 aliphatic rings. The molecule has 2 aromatic rings. The van der Waals surface area contributed by atoms with Crippen LogP contribution in [-0.2, 0) is 13.6 Å². The Bertz CT molecular complexity index is 615. The first-order valence-corrected chi connectivity index (χ1v) is 7.79. The fourth-order valence-electron chi connectivity index (χ4n) is 1.60. The van der Waals surface area contributed by atoms with Gasteiger partial charge in [0.15, 0.2) is 0 Å². The maximum Gasteiger partial charge on any atom is 0.397 e. The van der Waals surface area contributed by atoms with E-state index in [4.69, 9.17) is 13.5 Å². The molecule has 1 heterocycles. The van der Waals surface area contributed by atoms with Crippen LogP contribution in [0, 0.1) is 6.92 Å². The summed E-state index contributed by atoms with van der Waals surface area (Å²) in [6, 6.07) is 7.45. The Balaban J connectivity index is 2.47. The predicted octanol–water partition coefficient (Wildman–Crippen LogP) is 3.52. The van der Waals surface area contributed by atoms with E-state index in [1.807, 2.05) is 24.3 Å². The van der Waals surface area contributed by atoms with Gasteiger partial charge in [0.05, 0.1) is 5.69 Å². The Morgan fingerprint density at radius 1 is 1.21 bits per heavy atom. The topological polar surface area (TPSA) is 61.6 Å². The summed E-state index contributed by atoms with van der Waals surface area (Å²) in [5, 5.41) is 0. The van der Waals surface area contributed by atoms with Crippen molar-refractivity contribution in [1.82, 2.24) is 4.98 Å². The van der Waals surface area contributed by atoms with Gasteiger partial charge in [-0.3, -0.25) is 4.57 Å². The van der Waals surface area contributed by atoms with Crippen LogP contribution in [0.5, 0.6) is 0 Å². The minimum Gasteiger partial charge on any atom is -0.428 e.